The quantitative estimate of drug-likeness (QED) is 0.168. The van der Waals surface area contributed by atoms with Gasteiger partial charge in [0.25, 0.3) is 0 Å². The van der Waals surface area contributed by atoms with Crippen molar-refractivity contribution in [3.8, 4) is 0 Å². The number of piperidine rings is 1. The standard InChI is InChI=1S/C26H43N5O8/c1-13(2)11-18(24(37)39-6)29-25(38)26-12-16(26)9-10-31(26)23(36)20(14(3)4)30-22(35)17(28-15(5)32)7-8-19(33)21(27)34/h13-14,16-20,33H,7-12H2,1-6H3,(H2,27,34)(H,28,32)(H,29,38)(H,30,35)/t16?,17-,18-,19?,20-,26-/m0/s1. The zero-order valence-electron chi connectivity index (χ0n) is 23.6. The van der Waals surface area contributed by atoms with E-state index in [0.717, 1.165) is 0 Å². The summed E-state index contributed by atoms with van der Waals surface area (Å²) in [7, 11) is 1.25. The van der Waals surface area contributed by atoms with Crippen LogP contribution in [0.15, 0.2) is 0 Å². The van der Waals surface area contributed by atoms with Crippen molar-refractivity contribution in [2.24, 2.45) is 23.5 Å². The van der Waals surface area contributed by atoms with Crippen molar-refractivity contribution in [1.82, 2.24) is 20.9 Å². The fourth-order valence-corrected chi connectivity index (χ4v) is 5.21. The van der Waals surface area contributed by atoms with Crippen LogP contribution in [0.5, 0.6) is 0 Å². The number of amides is 5. The predicted octanol–water partition coefficient (Wildman–Crippen LogP) is -1.05. The van der Waals surface area contributed by atoms with Gasteiger partial charge in [-0.05, 0) is 49.9 Å². The number of primary amides is 1. The number of nitrogens with two attached hydrogens (primary N) is 1. The Morgan fingerprint density at radius 2 is 1.67 bits per heavy atom. The number of carbonyl (C=O) groups is 6. The second-order valence-corrected chi connectivity index (χ2v) is 11.3. The highest BCUT2D eigenvalue weighted by molar-refractivity contribution is 6.00. The van der Waals surface area contributed by atoms with Crippen LogP contribution < -0.4 is 21.7 Å². The molecule has 0 radical (unpaired) electrons. The number of fused-ring (bicyclic) bond motifs is 1. The third-order valence-electron chi connectivity index (χ3n) is 7.39. The number of methoxy groups -OCH3 is 1. The molecule has 0 aromatic carbocycles. The molecule has 6 N–H and O–H groups in total. The van der Waals surface area contributed by atoms with E-state index in [1.165, 1.54) is 18.9 Å². The number of esters is 1. The predicted molar refractivity (Wildman–Crippen MR) is 139 cm³/mol. The van der Waals surface area contributed by atoms with Crippen molar-refractivity contribution in [3.63, 3.8) is 0 Å². The first kappa shape index (κ1) is 32.0. The highest BCUT2D eigenvalue weighted by atomic mass is 16.5. The van der Waals surface area contributed by atoms with Gasteiger partial charge in [0.1, 0.15) is 29.8 Å². The molecule has 13 heteroatoms. The van der Waals surface area contributed by atoms with Crippen molar-refractivity contribution < 1.29 is 38.6 Å². The van der Waals surface area contributed by atoms with E-state index in [0.29, 0.717) is 25.8 Å². The maximum absolute atomic E-state index is 13.8. The molecule has 2 fully saturated rings. The highest BCUT2D eigenvalue weighted by Crippen LogP contribution is 2.56. The number of hydrogen-bond donors (Lipinski definition) is 5. The Morgan fingerprint density at radius 1 is 1.03 bits per heavy atom. The molecule has 5 amide bonds. The second-order valence-electron chi connectivity index (χ2n) is 11.3. The molecule has 1 aliphatic carbocycles. The molecule has 2 rings (SSSR count). The van der Waals surface area contributed by atoms with Gasteiger partial charge in [0.2, 0.25) is 29.5 Å². The zero-order valence-corrected chi connectivity index (χ0v) is 23.6. The summed E-state index contributed by atoms with van der Waals surface area (Å²) in [5.41, 5.74) is 3.98. The summed E-state index contributed by atoms with van der Waals surface area (Å²) in [6.45, 7) is 8.88. The lowest BCUT2D eigenvalue weighted by molar-refractivity contribution is -0.148. The molecule has 2 unspecified atom stereocenters. The van der Waals surface area contributed by atoms with E-state index < -0.39 is 65.3 Å². The van der Waals surface area contributed by atoms with Crippen LogP contribution in [0.25, 0.3) is 0 Å². The minimum Gasteiger partial charge on any atom is -0.467 e. The van der Waals surface area contributed by atoms with Crippen molar-refractivity contribution in [2.45, 2.75) is 96.5 Å². The molecule has 0 bridgehead atoms. The molecule has 0 aromatic rings. The second kappa shape index (κ2) is 13.2. The molecule has 13 nitrogen and oxygen atoms in total. The molecular weight excluding hydrogens is 510 g/mol. The minimum atomic E-state index is -1.49. The Kier molecular flexibility index (Phi) is 10.8. The summed E-state index contributed by atoms with van der Waals surface area (Å²) < 4.78 is 4.86. The number of aliphatic hydroxyl groups is 1. The van der Waals surface area contributed by atoms with Crippen LogP contribution in [0.3, 0.4) is 0 Å². The summed E-state index contributed by atoms with van der Waals surface area (Å²) in [4.78, 5) is 77.0. The van der Waals surface area contributed by atoms with Crippen molar-refractivity contribution >= 4 is 35.5 Å². The number of ether oxygens (including phenoxy) is 1. The zero-order chi connectivity index (χ0) is 29.7. The number of likely N-dealkylation sites (tertiary alicyclic amines) is 1. The topological polar surface area (TPSA) is 197 Å². The molecule has 0 aromatic heterocycles. The van der Waals surface area contributed by atoms with E-state index in [-0.39, 0.29) is 30.6 Å². The van der Waals surface area contributed by atoms with E-state index >= 15 is 0 Å². The first-order valence-corrected chi connectivity index (χ1v) is 13.4. The normalized spacial score (nSPS) is 22.8. The smallest absolute Gasteiger partial charge is 0.328 e. The number of hydrogen-bond acceptors (Lipinski definition) is 8. The average molecular weight is 554 g/mol. The summed E-state index contributed by atoms with van der Waals surface area (Å²) in [5, 5.41) is 17.7. The maximum atomic E-state index is 13.8. The Balaban J connectivity index is 2.20. The maximum Gasteiger partial charge on any atom is 0.328 e. The van der Waals surface area contributed by atoms with Gasteiger partial charge in [-0.25, -0.2) is 4.79 Å². The third kappa shape index (κ3) is 7.68. The van der Waals surface area contributed by atoms with Crippen molar-refractivity contribution in [1.29, 1.82) is 0 Å². The fourth-order valence-electron chi connectivity index (χ4n) is 5.21. The summed E-state index contributed by atoms with van der Waals surface area (Å²) >= 11 is 0. The Hall–Kier alpha value is -3.22. The number of nitrogens with zero attached hydrogens (tertiary/aromatic N) is 1. The SMILES string of the molecule is COC(=O)[C@H](CC(C)C)NC(=O)[C@]12CC1CCN2C(=O)[C@@H](NC(=O)[C@H](CCC(O)C(N)=O)NC(C)=O)C(C)C. The van der Waals surface area contributed by atoms with Crippen LogP contribution in [0.4, 0.5) is 0 Å². The summed E-state index contributed by atoms with van der Waals surface area (Å²) in [6.07, 6.45) is -0.286. The fraction of sp³-hybridized carbons (Fsp3) is 0.769. The Morgan fingerprint density at radius 3 is 2.15 bits per heavy atom. The van der Waals surface area contributed by atoms with Gasteiger partial charge in [-0.1, -0.05) is 27.7 Å². The molecule has 1 saturated carbocycles. The van der Waals surface area contributed by atoms with Crippen molar-refractivity contribution in [2.75, 3.05) is 13.7 Å². The van der Waals surface area contributed by atoms with Crippen LogP contribution in [0.2, 0.25) is 0 Å². The van der Waals surface area contributed by atoms with Gasteiger partial charge >= 0.3 is 5.97 Å². The van der Waals surface area contributed by atoms with E-state index in [9.17, 15) is 33.9 Å². The molecule has 39 heavy (non-hydrogen) atoms. The van der Waals surface area contributed by atoms with Gasteiger partial charge in [-0.3, -0.25) is 24.0 Å². The van der Waals surface area contributed by atoms with Gasteiger partial charge in [0.15, 0.2) is 0 Å². The summed E-state index contributed by atoms with van der Waals surface area (Å²) in [6, 6.07) is -2.97. The number of rotatable bonds is 14. The molecular formula is C26H43N5O8. The molecule has 1 heterocycles. The Labute approximate surface area is 228 Å². The van der Waals surface area contributed by atoms with E-state index in [1.807, 2.05) is 13.8 Å². The lowest BCUT2D eigenvalue weighted by atomic mass is 9.99. The molecule has 2 aliphatic rings. The third-order valence-corrected chi connectivity index (χ3v) is 7.39. The van der Waals surface area contributed by atoms with E-state index in [1.54, 1.807) is 13.8 Å². The molecule has 0 spiro atoms. The van der Waals surface area contributed by atoms with Crippen LogP contribution in [0.1, 0.15) is 66.7 Å². The van der Waals surface area contributed by atoms with E-state index in [4.69, 9.17) is 10.5 Å². The molecule has 220 valence electrons. The van der Waals surface area contributed by atoms with Crippen LogP contribution in [-0.4, -0.2) is 88.9 Å². The van der Waals surface area contributed by atoms with Crippen LogP contribution in [0, 0.1) is 17.8 Å². The van der Waals surface area contributed by atoms with Gasteiger partial charge < -0.3 is 36.4 Å². The molecule has 1 saturated heterocycles. The largest absolute Gasteiger partial charge is 0.467 e. The monoisotopic (exact) mass is 553 g/mol. The van der Waals surface area contributed by atoms with Gasteiger partial charge in [0.05, 0.1) is 7.11 Å². The highest BCUT2D eigenvalue weighted by Gasteiger charge is 2.69. The van der Waals surface area contributed by atoms with Gasteiger partial charge in [-0.15, -0.1) is 0 Å². The van der Waals surface area contributed by atoms with Crippen LogP contribution >= 0.6 is 0 Å². The van der Waals surface area contributed by atoms with Gasteiger partial charge in [-0.2, -0.15) is 0 Å². The lowest BCUT2D eigenvalue weighted by Crippen LogP contribution is -2.60. The number of aliphatic hydroxyl groups excluding tert-OH is 1. The van der Waals surface area contributed by atoms with Crippen LogP contribution in [-0.2, 0) is 33.5 Å². The average Bonchev–Trinajstić information content (AvgIpc) is 3.47. The lowest BCUT2D eigenvalue weighted by Gasteiger charge is -2.34. The molecule has 1 aliphatic heterocycles. The number of nitrogens with one attached hydrogen (secondary N) is 3. The minimum absolute atomic E-state index is 0.0512. The first-order chi connectivity index (χ1) is 18.1. The first-order valence-electron chi connectivity index (χ1n) is 13.4. The van der Waals surface area contributed by atoms with Gasteiger partial charge in [0, 0.05) is 13.5 Å². The van der Waals surface area contributed by atoms with Crippen molar-refractivity contribution in [3.05, 3.63) is 0 Å². The Bertz CT molecular complexity index is 970. The summed E-state index contributed by atoms with van der Waals surface area (Å²) in [5.74, 6) is -3.83. The number of carbonyl (C=O) groups excluding carboxylic acids is 6. The van der Waals surface area contributed by atoms with E-state index in [2.05, 4.69) is 16.0 Å². The molecule has 6 atom stereocenters.